The molecule has 2 aliphatic heterocycles. The predicted octanol–water partition coefficient (Wildman–Crippen LogP) is 2.95. The Labute approximate surface area is 153 Å². The molecule has 0 fully saturated rings. The van der Waals surface area contributed by atoms with Crippen molar-refractivity contribution >= 4 is 29.6 Å². The lowest BCUT2D eigenvalue weighted by atomic mass is 10.1. The zero-order chi connectivity index (χ0) is 19.0. The standard InChI is InChI=1S/C19H13N3O5/c1-11-9-16-21-18(23)14(17(20)22(16)27-11)10-12-4-6-13(7-5-12)26-19(24)15-3-2-8-25-15/h2-10,20H,1H3/b14-10+,20-17?. The first-order valence-corrected chi connectivity index (χ1v) is 7.97. The third-order valence-corrected chi connectivity index (χ3v) is 3.80. The molecule has 0 saturated heterocycles. The first-order chi connectivity index (χ1) is 13.0. The third-order valence-electron chi connectivity index (χ3n) is 3.80. The van der Waals surface area contributed by atoms with Crippen molar-refractivity contribution < 1.29 is 23.6 Å². The van der Waals surface area contributed by atoms with Crippen LogP contribution in [0, 0.1) is 5.41 Å². The van der Waals surface area contributed by atoms with Crippen molar-refractivity contribution in [3.05, 3.63) is 71.4 Å². The van der Waals surface area contributed by atoms with Crippen molar-refractivity contribution in [2.75, 3.05) is 0 Å². The van der Waals surface area contributed by atoms with Gasteiger partial charge in [0.05, 0.1) is 11.8 Å². The van der Waals surface area contributed by atoms with Crippen LogP contribution >= 0.6 is 0 Å². The number of amides is 1. The zero-order valence-corrected chi connectivity index (χ0v) is 14.1. The summed E-state index contributed by atoms with van der Waals surface area (Å²) in [6.07, 6.45) is 4.50. The number of carbonyl (C=O) groups excluding carboxylic acids is 2. The number of aliphatic imine (C=N–C) groups is 1. The van der Waals surface area contributed by atoms with Crippen LogP contribution in [0.5, 0.6) is 5.75 Å². The third kappa shape index (κ3) is 3.15. The van der Waals surface area contributed by atoms with Crippen molar-refractivity contribution in [2.45, 2.75) is 6.92 Å². The van der Waals surface area contributed by atoms with E-state index in [1.54, 1.807) is 43.3 Å². The van der Waals surface area contributed by atoms with E-state index in [-0.39, 0.29) is 17.2 Å². The second-order valence-corrected chi connectivity index (χ2v) is 5.76. The van der Waals surface area contributed by atoms with Crippen LogP contribution in [0.3, 0.4) is 0 Å². The maximum atomic E-state index is 12.2. The molecule has 27 heavy (non-hydrogen) atoms. The van der Waals surface area contributed by atoms with Gasteiger partial charge in [0.1, 0.15) is 11.5 Å². The van der Waals surface area contributed by atoms with Gasteiger partial charge in [0.25, 0.3) is 5.91 Å². The highest BCUT2D eigenvalue weighted by molar-refractivity contribution is 6.32. The number of hydrogen-bond donors (Lipinski definition) is 1. The maximum Gasteiger partial charge on any atom is 0.379 e. The lowest BCUT2D eigenvalue weighted by molar-refractivity contribution is -0.114. The zero-order valence-electron chi connectivity index (χ0n) is 14.1. The Morgan fingerprint density at radius 3 is 2.74 bits per heavy atom. The van der Waals surface area contributed by atoms with Gasteiger partial charge in [-0.2, -0.15) is 4.99 Å². The summed E-state index contributed by atoms with van der Waals surface area (Å²) in [6.45, 7) is 1.71. The maximum absolute atomic E-state index is 12.2. The Balaban J connectivity index is 1.52. The number of ether oxygens (including phenoxy) is 1. The first-order valence-electron chi connectivity index (χ1n) is 7.97. The highest BCUT2D eigenvalue weighted by Crippen LogP contribution is 2.24. The van der Waals surface area contributed by atoms with Gasteiger partial charge in [0, 0.05) is 6.08 Å². The topological polar surface area (TPSA) is 105 Å². The quantitative estimate of drug-likeness (QED) is 0.511. The minimum atomic E-state index is -0.605. The van der Waals surface area contributed by atoms with Gasteiger partial charge in [-0.1, -0.05) is 12.1 Å². The molecule has 3 heterocycles. The first kappa shape index (κ1) is 16.5. The molecule has 2 aromatic rings. The van der Waals surface area contributed by atoms with Gasteiger partial charge in [-0.3, -0.25) is 10.2 Å². The van der Waals surface area contributed by atoms with Crippen molar-refractivity contribution in [3.63, 3.8) is 0 Å². The normalized spacial score (nSPS) is 17.4. The molecule has 1 aromatic carbocycles. The molecule has 8 heteroatoms. The van der Waals surface area contributed by atoms with Crippen molar-refractivity contribution in [2.24, 2.45) is 4.99 Å². The second-order valence-electron chi connectivity index (χ2n) is 5.76. The number of fused-ring (bicyclic) bond motifs is 1. The molecule has 1 amide bonds. The molecular weight excluding hydrogens is 350 g/mol. The largest absolute Gasteiger partial charge is 0.457 e. The van der Waals surface area contributed by atoms with E-state index in [1.807, 2.05) is 0 Å². The number of esters is 1. The smallest absolute Gasteiger partial charge is 0.379 e. The number of hydrogen-bond acceptors (Lipinski definition) is 6. The van der Waals surface area contributed by atoms with Crippen molar-refractivity contribution in [1.29, 1.82) is 5.41 Å². The number of carbonyl (C=O) groups is 2. The average Bonchev–Trinajstić information content (AvgIpc) is 3.29. The van der Waals surface area contributed by atoms with Gasteiger partial charge in [0.2, 0.25) is 5.76 Å². The molecule has 1 aromatic heterocycles. The predicted molar refractivity (Wildman–Crippen MR) is 94.9 cm³/mol. The van der Waals surface area contributed by atoms with Crippen LogP contribution in [0.25, 0.3) is 6.08 Å². The van der Waals surface area contributed by atoms with E-state index in [0.29, 0.717) is 22.9 Å². The van der Waals surface area contributed by atoms with Gasteiger partial charge in [-0.05, 0) is 42.8 Å². The molecule has 0 spiro atoms. The Hall–Kier alpha value is -3.94. The summed E-state index contributed by atoms with van der Waals surface area (Å²) in [4.78, 5) is 33.4. The monoisotopic (exact) mass is 363 g/mol. The Morgan fingerprint density at radius 2 is 2.04 bits per heavy atom. The van der Waals surface area contributed by atoms with E-state index in [1.165, 1.54) is 23.5 Å². The molecule has 2 aliphatic rings. The van der Waals surface area contributed by atoms with Crippen LogP contribution in [-0.2, 0) is 9.63 Å². The van der Waals surface area contributed by atoms with Gasteiger partial charge < -0.3 is 14.0 Å². The fraction of sp³-hybridized carbons (Fsp3) is 0.0526. The van der Waals surface area contributed by atoms with E-state index in [9.17, 15) is 9.59 Å². The van der Waals surface area contributed by atoms with Crippen LogP contribution in [0.1, 0.15) is 23.0 Å². The summed E-state index contributed by atoms with van der Waals surface area (Å²) < 4.78 is 10.2. The molecule has 0 saturated carbocycles. The van der Waals surface area contributed by atoms with E-state index in [0.717, 1.165) is 0 Å². The number of amidine groups is 2. The number of furan rings is 1. The number of benzene rings is 1. The van der Waals surface area contributed by atoms with Crippen LogP contribution in [-0.4, -0.2) is 28.6 Å². The number of nitrogens with one attached hydrogen (secondary N) is 1. The fourth-order valence-corrected chi connectivity index (χ4v) is 2.55. The van der Waals surface area contributed by atoms with Crippen molar-refractivity contribution in [1.82, 2.24) is 5.06 Å². The van der Waals surface area contributed by atoms with Gasteiger partial charge in [-0.15, -0.1) is 5.06 Å². The molecule has 1 N–H and O–H groups in total. The highest BCUT2D eigenvalue weighted by atomic mass is 16.7. The summed E-state index contributed by atoms with van der Waals surface area (Å²) in [5, 5.41) is 9.37. The van der Waals surface area contributed by atoms with Crippen molar-refractivity contribution in [3.8, 4) is 5.75 Å². The van der Waals surface area contributed by atoms with Gasteiger partial charge in [-0.25, -0.2) is 4.79 Å². The summed E-state index contributed by atoms with van der Waals surface area (Å²) in [5.74, 6) is 0.0548. The molecule has 4 rings (SSSR count). The highest BCUT2D eigenvalue weighted by Gasteiger charge is 2.34. The molecule has 0 aliphatic carbocycles. The van der Waals surface area contributed by atoms with E-state index >= 15 is 0 Å². The molecule has 0 bridgehead atoms. The Bertz CT molecular complexity index is 1030. The molecule has 134 valence electrons. The lowest BCUT2D eigenvalue weighted by Gasteiger charge is -2.22. The minimum Gasteiger partial charge on any atom is -0.457 e. The summed E-state index contributed by atoms with van der Waals surface area (Å²) in [5.41, 5.74) is 0.741. The van der Waals surface area contributed by atoms with Crippen LogP contribution in [0.15, 0.2) is 69.5 Å². The minimum absolute atomic E-state index is 0.0913. The fourth-order valence-electron chi connectivity index (χ4n) is 2.55. The SMILES string of the molecule is CC1=CC2=NC(=O)/C(=C/c3ccc(OC(=O)c4ccco4)cc3)C(=N)N2O1. The Kier molecular flexibility index (Phi) is 3.92. The summed E-state index contributed by atoms with van der Waals surface area (Å²) in [7, 11) is 0. The van der Waals surface area contributed by atoms with Crippen LogP contribution < -0.4 is 4.74 Å². The summed E-state index contributed by atoms with van der Waals surface area (Å²) >= 11 is 0. The summed E-state index contributed by atoms with van der Waals surface area (Å²) in [6, 6.07) is 9.58. The number of rotatable bonds is 3. The molecule has 0 atom stereocenters. The van der Waals surface area contributed by atoms with Crippen LogP contribution in [0.2, 0.25) is 0 Å². The van der Waals surface area contributed by atoms with E-state index < -0.39 is 11.9 Å². The molecule has 8 nitrogen and oxygen atoms in total. The number of hydroxylamine groups is 2. The molecule has 0 unspecified atom stereocenters. The van der Waals surface area contributed by atoms with Gasteiger partial charge in [0.15, 0.2) is 11.7 Å². The molecule has 0 radical (unpaired) electrons. The average molecular weight is 363 g/mol. The van der Waals surface area contributed by atoms with Gasteiger partial charge >= 0.3 is 5.97 Å². The number of nitrogens with zero attached hydrogens (tertiary/aromatic N) is 2. The van der Waals surface area contributed by atoms with E-state index in [2.05, 4.69) is 4.99 Å². The lowest BCUT2D eigenvalue weighted by Crippen LogP contribution is -2.38. The van der Waals surface area contributed by atoms with Crippen LogP contribution in [0.4, 0.5) is 0 Å². The Morgan fingerprint density at radius 1 is 1.26 bits per heavy atom. The molecular formula is C19H13N3O5. The van der Waals surface area contributed by atoms with E-state index in [4.69, 9.17) is 19.4 Å². The number of allylic oxidation sites excluding steroid dienone is 1. The second kappa shape index (κ2) is 6.41.